The van der Waals surface area contributed by atoms with Crippen molar-refractivity contribution in [2.75, 3.05) is 6.79 Å². The van der Waals surface area contributed by atoms with Crippen molar-refractivity contribution in [1.82, 2.24) is 5.32 Å². The van der Waals surface area contributed by atoms with Crippen LogP contribution in [-0.4, -0.2) is 35.8 Å². The highest BCUT2D eigenvalue weighted by molar-refractivity contribution is 7.44. The Morgan fingerprint density at radius 3 is 2.10 bits per heavy atom. The maximum absolute atomic E-state index is 12.4. The normalized spacial score (nSPS) is 12.1. The predicted octanol–water partition coefficient (Wildman–Crippen LogP) is 1.86. The number of esters is 1. The van der Waals surface area contributed by atoms with Crippen LogP contribution in [0, 0.1) is 0 Å². The van der Waals surface area contributed by atoms with Crippen LogP contribution in [0.4, 0.5) is 4.79 Å². The van der Waals surface area contributed by atoms with E-state index in [1.54, 1.807) is 24.3 Å². The smallest absolute Gasteiger partial charge is 0.408 e. The lowest BCUT2D eigenvalue weighted by molar-refractivity contribution is -0.177. The van der Waals surface area contributed by atoms with E-state index in [0.29, 0.717) is 0 Å². The van der Waals surface area contributed by atoms with Gasteiger partial charge in [0, 0.05) is 6.42 Å². The first-order chi connectivity index (χ1) is 14.1. The zero-order valence-corrected chi connectivity index (χ0v) is 16.5. The van der Waals surface area contributed by atoms with Crippen molar-refractivity contribution in [3.8, 4) is 0 Å². The van der Waals surface area contributed by atoms with Gasteiger partial charge in [-0.1, -0.05) is 60.7 Å². The molecule has 0 aliphatic carbocycles. The summed E-state index contributed by atoms with van der Waals surface area (Å²) in [6.07, 6.45) is -0.939. The first kappa shape index (κ1) is 22.5. The summed E-state index contributed by atoms with van der Waals surface area (Å²) in [6, 6.07) is 17.0. The molecule has 2 atom stereocenters. The minimum absolute atomic E-state index is 0.0240. The second kappa shape index (κ2) is 12.6. The van der Waals surface area contributed by atoms with Gasteiger partial charge >= 0.3 is 12.1 Å². The summed E-state index contributed by atoms with van der Waals surface area (Å²) < 4.78 is 14.9. The number of benzene rings is 2. The van der Waals surface area contributed by atoms with Crippen molar-refractivity contribution in [2.24, 2.45) is 0 Å². The van der Waals surface area contributed by atoms with E-state index in [1.807, 2.05) is 36.4 Å². The predicted molar refractivity (Wildman–Crippen MR) is 106 cm³/mol. The molecule has 2 N–H and O–H groups in total. The molecule has 0 aliphatic heterocycles. The number of hydrogen-bond donors (Lipinski definition) is 2. The Morgan fingerprint density at radius 2 is 1.55 bits per heavy atom. The van der Waals surface area contributed by atoms with Crippen molar-refractivity contribution in [3.63, 3.8) is 0 Å². The van der Waals surface area contributed by atoms with Gasteiger partial charge in [-0.15, -0.1) is 0 Å². The average molecular weight is 419 g/mol. The summed E-state index contributed by atoms with van der Waals surface area (Å²) in [6.45, 7) is -0.665. The van der Waals surface area contributed by atoms with E-state index < -0.39 is 32.9 Å². The Morgan fingerprint density at radius 1 is 1.00 bits per heavy atom. The van der Waals surface area contributed by atoms with Crippen molar-refractivity contribution >= 4 is 25.9 Å². The first-order valence-electron chi connectivity index (χ1n) is 8.79. The minimum atomic E-state index is -2.28. The highest BCUT2D eigenvalue weighted by atomic mass is 31.1. The number of nitrogens with one attached hydrogen (secondary N) is 1. The van der Waals surface area contributed by atoms with Gasteiger partial charge in [-0.05, 0) is 11.1 Å². The number of alkyl carbamates (subject to hydrolysis) is 1. The Balaban J connectivity index is 1.94. The van der Waals surface area contributed by atoms with Gasteiger partial charge in [0.05, 0.1) is 0 Å². The molecule has 0 aliphatic rings. The summed E-state index contributed by atoms with van der Waals surface area (Å²) in [7, 11) is -2.28. The molecule has 0 fully saturated rings. The summed E-state index contributed by atoms with van der Waals surface area (Å²) in [4.78, 5) is 36.0. The molecule has 2 aromatic carbocycles. The number of aliphatic hydroxyl groups excluding tert-OH is 1. The Kier molecular flexibility index (Phi) is 9.82. The molecule has 0 saturated carbocycles. The van der Waals surface area contributed by atoms with E-state index in [4.69, 9.17) is 14.6 Å². The fraction of sp³-hybridized carbons (Fsp3) is 0.250. The van der Waals surface area contributed by atoms with Crippen LogP contribution in [0.25, 0.3) is 0 Å². The zero-order valence-electron chi connectivity index (χ0n) is 15.6. The van der Waals surface area contributed by atoms with Gasteiger partial charge in [0.2, 0.25) is 8.00 Å². The highest BCUT2D eigenvalue weighted by Gasteiger charge is 2.23. The largest absolute Gasteiger partial charge is 0.603 e. The minimum Gasteiger partial charge on any atom is -0.603 e. The van der Waals surface area contributed by atoms with Crippen LogP contribution < -0.4 is 10.2 Å². The van der Waals surface area contributed by atoms with Gasteiger partial charge in [0.15, 0.2) is 6.79 Å². The molecule has 0 aromatic heterocycles. The van der Waals surface area contributed by atoms with Gasteiger partial charge < -0.3 is 24.8 Å². The number of amides is 1. The maximum Gasteiger partial charge on any atom is 0.408 e. The van der Waals surface area contributed by atoms with E-state index in [1.165, 1.54) is 5.80 Å². The number of carbonyl (C=O) groups is 2. The standard InChI is InChI=1S/C20H22NO7P/c22-15-28-29(25)12-11-18(19(23)26-13-16-7-3-1-4-8-16)21-20(24)27-14-17-9-5-2-6-10-17/h1-10,12,18,22H,11,13-15H2,(H,21,24). The molecule has 0 heterocycles. The molecular formula is C20H22NO7P. The lowest BCUT2D eigenvalue weighted by Crippen LogP contribution is -2.42. The third kappa shape index (κ3) is 8.85. The van der Waals surface area contributed by atoms with Crippen molar-refractivity contribution in [2.45, 2.75) is 25.7 Å². The summed E-state index contributed by atoms with van der Waals surface area (Å²) in [5, 5.41) is 11.0. The molecule has 2 rings (SSSR count). The summed E-state index contributed by atoms with van der Waals surface area (Å²) >= 11 is 0. The molecule has 2 unspecified atom stereocenters. The average Bonchev–Trinajstić information content (AvgIpc) is 2.75. The lowest BCUT2D eigenvalue weighted by Gasteiger charge is -2.16. The van der Waals surface area contributed by atoms with Crippen LogP contribution in [0.3, 0.4) is 0 Å². The van der Waals surface area contributed by atoms with Gasteiger partial charge in [-0.2, -0.15) is 4.52 Å². The lowest BCUT2D eigenvalue weighted by atomic mass is 10.2. The highest BCUT2D eigenvalue weighted by Crippen LogP contribution is 2.12. The maximum atomic E-state index is 12.4. The number of carbonyl (C=O) groups excluding carboxylic acids is 2. The van der Waals surface area contributed by atoms with Crippen LogP contribution in [-0.2, 0) is 32.0 Å². The molecule has 0 radical (unpaired) electrons. The molecule has 9 heteroatoms. The van der Waals surface area contributed by atoms with Gasteiger partial charge in [-0.25, -0.2) is 9.59 Å². The van der Waals surface area contributed by atoms with Crippen molar-refractivity contribution in [1.29, 1.82) is 0 Å². The second-order valence-corrected chi connectivity index (χ2v) is 7.01. The van der Waals surface area contributed by atoms with E-state index in [-0.39, 0.29) is 19.6 Å². The molecule has 2 aromatic rings. The Labute approximate surface area is 169 Å². The van der Waals surface area contributed by atoms with Crippen LogP contribution in [0.1, 0.15) is 17.5 Å². The van der Waals surface area contributed by atoms with E-state index >= 15 is 0 Å². The second-order valence-electron chi connectivity index (χ2n) is 5.81. The topological polar surface area (TPSA) is 117 Å². The van der Waals surface area contributed by atoms with Crippen molar-refractivity contribution in [3.05, 3.63) is 71.8 Å². The molecule has 0 saturated heterocycles. The first-order valence-corrected chi connectivity index (χ1v) is 10.0. The van der Waals surface area contributed by atoms with Gasteiger partial charge in [0.1, 0.15) is 25.1 Å². The number of hydrogen-bond acceptors (Lipinski definition) is 7. The SMILES string of the molecule is O=C(NC(C/C=[P+](\[O-])OCO)C(=O)OCc1ccccc1)OCc1ccccc1. The third-order valence-electron chi connectivity index (χ3n) is 3.69. The molecular weight excluding hydrogens is 397 g/mol. The Hall–Kier alpha value is -2.77. The fourth-order valence-electron chi connectivity index (χ4n) is 2.25. The Bertz CT molecular complexity index is 799. The molecule has 0 bridgehead atoms. The van der Waals surface area contributed by atoms with E-state index in [0.717, 1.165) is 11.1 Å². The summed E-state index contributed by atoms with van der Waals surface area (Å²) in [5.41, 5.74) is 1.57. The zero-order chi connectivity index (χ0) is 20.9. The molecule has 8 nitrogen and oxygen atoms in total. The quantitative estimate of drug-likeness (QED) is 0.343. The van der Waals surface area contributed by atoms with Crippen LogP contribution in [0.2, 0.25) is 0 Å². The molecule has 154 valence electrons. The fourth-order valence-corrected chi connectivity index (χ4v) is 2.85. The number of aliphatic hydroxyl groups is 1. The van der Waals surface area contributed by atoms with E-state index in [2.05, 4.69) is 9.84 Å². The van der Waals surface area contributed by atoms with E-state index in [9.17, 15) is 14.5 Å². The van der Waals surface area contributed by atoms with Gasteiger partial charge in [0.25, 0.3) is 0 Å². The number of ether oxygens (including phenoxy) is 2. The van der Waals surface area contributed by atoms with Crippen LogP contribution in [0.5, 0.6) is 0 Å². The molecule has 1 amide bonds. The van der Waals surface area contributed by atoms with Crippen LogP contribution >= 0.6 is 8.00 Å². The molecule has 0 spiro atoms. The van der Waals surface area contributed by atoms with Crippen LogP contribution in [0.15, 0.2) is 60.7 Å². The number of rotatable bonds is 10. The summed E-state index contributed by atoms with van der Waals surface area (Å²) in [5.74, 6) is 0.464. The third-order valence-corrected chi connectivity index (χ3v) is 4.57. The van der Waals surface area contributed by atoms with Gasteiger partial charge in [-0.3, -0.25) is 0 Å². The molecule has 29 heavy (non-hydrogen) atoms. The van der Waals surface area contributed by atoms with Crippen molar-refractivity contribution < 1.29 is 33.6 Å². The monoisotopic (exact) mass is 419 g/mol.